The van der Waals surface area contributed by atoms with E-state index in [9.17, 15) is 0 Å². The largest absolute Gasteiger partial charge is 0.496 e. The maximum absolute atomic E-state index is 5.49. The molecule has 21 heavy (non-hydrogen) atoms. The molecule has 4 heteroatoms. The molecule has 0 aliphatic rings. The normalized spacial score (nSPS) is 12.4. The third-order valence-electron chi connectivity index (χ3n) is 3.80. The SMILES string of the molecule is CCn1nc(C)cc1C(Cc1cc(C)ccc1OC)NC. The van der Waals surface area contributed by atoms with Crippen molar-refractivity contribution in [3.63, 3.8) is 0 Å². The van der Waals surface area contributed by atoms with Crippen molar-refractivity contribution >= 4 is 0 Å². The van der Waals surface area contributed by atoms with E-state index in [1.165, 1.54) is 16.8 Å². The highest BCUT2D eigenvalue weighted by molar-refractivity contribution is 5.38. The Morgan fingerprint density at radius 3 is 2.67 bits per heavy atom. The highest BCUT2D eigenvalue weighted by Crippen LogP contribution is 2.26. The third kappa shape index (κ3) is 3.45. The summed E-state index contributed by atoms with van der Waals surface area (Å²) in [7, 11) is 3.72. The summed E-state index contributed by atoms with van der Waals surface area (Å²) in [6, 6.07) is 8.70. The summed E-state index contributed by atoms with van der Waals surface area (Å²) in [4.78, 5) is 0. The Balaban J connectivity index is 2.33. The number of ether oxygens (including phenoxy) is 1. The summed E-state index contributed by atoms with van der Waals surface area (Å²) in [5.74, 6) is 0.945. The fourth-order valence-electron chi connectivity index (χ4n) is 2.74. The molecule has 0 radical (unpaired) electrons. The highest BCUT2D eigenvalue weighted by Gasteiger charge is 2.18. The van der Waals surface area contributed by atoms with Crippen LogP contribution in [0.15, 0.2) is 24.3 Å². The van der Waals surface area contributed by atoms with Gasteiger partial charge in [-0.1, -0.05) is 17.7 Å². The molecule has 1 heterocycles. The van der Waals surface area contributed by atoms with Gasteiger partial charge < -0.3 is 10.1 Å². The van der Waals surface area contributed by atoms with Crippen LogP contribution in [0.3, 0.4) is 0 Å². The van der Waals surface area contributed by atoms with E-state index in [0.717, 1.165) is 24.4 Å². The molecule has 114 valence electrons. The average Bonchev–Trinajstić information content (AvgIpc) is 2.86. The lowest BCUT2D eigenvalue weighted by Crippen LogP contribution is -2.22. The van der Waals surface area contributed by atoms with Crippen LogP contribution in [0.4, 0.5) is 0 Å². The Morgan fingerprint density at radius 1 is 1.29 bits per heavy atom. The number of aryl methyl sites for hydroxylation is 3. The Morgan fingerprint density at radius 2 is 2.05 bits per heavy atom. The number of hydrogen-bond acceptors (Lipinski definition) is 3. The summed E-state index contributed by atoms with van der Waals surface area (Å²) in [5, 5.41) is 7.95. The summed E-state index contributed by atoms with van der Waals surface area (Å²) in [6.45, 7) is 7.15. The number of benzene rings is 1. The lowest BCUT2D eigenvalue weighted by atomic mass is 10.0. The zero-order chi connectivity index (χ0) is 15.4. The third-order valence-corrected chi connectivity index (χ3v) is 3.80. The lowest BCUT2D eigenvalue weighted by Gasteiger charge is -2.19. The van der Waals surface area contributed by atoms with Gasteiger partial charge >= 0.3 is 0 Å². The van der Waals surface area contributed by atoms with Crippen molar-refractivity contribution in [2.24, 2.45) is 0 Å². The molecule has 0 fully saturated rings. The summed E-state index contributed by atoms with van der Waals surface area (Å²) in [6.07, 6.45) is 0.881. The summed E-state index contributed by atoms with van der Waals surface area (Å²) >= 11 is 0. The lowest BCUT2D eigenvalue weighted by molar-refractivity contribution is 0.405. The van der Waals surface area contributed by atoms with Crippen molar-refractivity contribution in [3.8, 4) is 5.75 Å². The first-order valence-corrected chi connectivity index (χ1v) is 7.44. The van der Waals surface area contributed by atoms with Crippen molar-refractivity contribution in [1.82, 2.24) is 15.1 Å². The quantitative estimate of drug-likeness (QED) is 0.887. The van der Waals surface area contributed by atoms with E-state index in [1.54, 1.807) is 7.11 Å². The molecule has 1 atom stereocenters. The number of rotatable bonds is 6. The van der Waals surface area contributed by atoms with Crippen LogP contribution in [0.1, 0.15) is 35.5 Å². The first kappa shape index (κ1) is 15.6. The molecule has 1 aromatic heterocycles. The van der Waals surface area contributed by atoms with Gasteiger partial charge in [0.05, 0.1) is 24.5 Å². The molecular weight excluding hydrogens is 262 g/mol. The van der Waals surface area contributed by atoms with E-state index in [4.69, 9.17) is 4.74 Å². The van der Waals surface area contributed by atoms with E-state index in [1.807, 2.05) is 20.0 Å². The number of aromatic nitrogens is 2. The van der Waals surface area contributed by atoms with Crippen LogP contribution >= 0.6 is 0 Å². The van der Waals surface area contributed by atoms with Crippen LogP contribution in [0, 0.1) is 13.8 Å². The molecule has 4 nitrogen and oxygen atoms in total. The van der Waals surface area contributed by atoms with Crippen molar-refractivity contribution in [3.05, 3.63) is 46.8 Å². The molecule has 0 bridgehead atoms. The molecule has 2 rings (SSSR count). The van der Waals surface area contributed by atoms with Gasteiger partial charge in [0.15, 0.2) is 0 Å². The second-order valence-corrected chi connectivity index (χ2v) is 5.39. The van der Waals surface area contributed by atoms with E-state index in [0.29, 0.717) is 0 Å². The molecule has 0 aliphatic heterocycles. The van der Waals surface area contributed by atoms with Gasteiger partial charge in [-0.15, -0.1) is 0 Å². The van der Waals surface area contributed by atoms with Gasteiger partial charge in [0.1, 0.15) is 5.75 Å². The minimum atomic E-state index is 0.224. The average molecular weight is 287 g/mol. The Hall–Kier alpha value is -1.81. The second-order valence-electron chi connectivity index (χ2n) is 5.39. The van der Waals surface area contributed by atoms with Gasteiger partial charge in [-0.05, 0) is 51.9 Å². The zero-order valence-electron chi connectivity index (χ0n) is 13.6. The highest BCUT2D eigenvalue weighted by atomic mass is 16.5. The van der Waals surface area contributed by atoms with Gasteiger partial charge in [-0.25, -0.2) is 0 Å². The van der Waals surface area contributed by atoms with Crippen LogP contribution in [-0.2, 0) is 13.0 Å². The molecule has 1 aromatic carbocycles. The van der Waals surface area contributed by atoms with Crippen molar-refractivity contribution < 1.29 is 4.74 Å². The number of likely N-dealkylation sites (N-methyl/N-ethyl adjacent to an activating group) is 1. The predicted molar refractivity (Wildman–Crippen MR) is 85.9 cm³/mol. The standard InChI is InChI=1S/C17H25N3O/c1-6-20-16(10-13(3)19-20)15(18-4)11-14-9-12(2)7-8-17(14)21-5/h7-10,15,18H,6,11H2,1-5H3. The van der Waals surface area contributed by atoms with E-state index in [-0.39, 0.29) is 6.04 Å². The predicted octanol–water partition coefficient (Wildman–Crippen LogP) is 3.03. The van der Waals surface area contributed by atoms with E-state index < -0.39 is 0 Å². The number of hydrogen-bond donors (Lipinski definition) is 1. The first-order valence-electron chi connectivity index (χ1n) is 7.44. The van der Waals surface area contributed by atoms with Crippen LogP contribution in [0.5, 0.6) is 5.75 Å². The molecule has 0 aliphatic carbocycles. The van der Waals surface area contributed by atoms with Crippen molar-refractivity contribution in [1.29, 1.82) is 0 Å². The number of methoxy groups -OCH3 is 1. The minimum Gasteiger partial charge on any atom is -0.496 e. The number of nitrogens with zero attached hydrogens (tertiary/aromatic N) is 2. The van der Waals surface area contributed by atoms with Crippen LogP contribution < -0.4 is 10.1 Å². The van der Waals surface area contributed by atoms with Gasteiger partial charge in [0.2, 0.25) is 0 Å². The van der Waals surface area contributed by atoms with Crippen molar-refractivity contribution in [2.45, 2.75) is 39.8 Å². The summed E-state index contributed by atoms with van der Waals surface area (Å²) in [5.41, 5.74) is 4.75. The molecule has 0 saturated heterocycles. The monoisotopic (exact) mass is 287 g/mol. The molecule has 0 spiro atoms. The Bertz CT molecular complexity index is 604. The van der Waals surface area contributed by atoms with Gasteiger partial charge in [0.25, 0.3) is 0 Å². The molecule has 0 saturated carbocycles. The first-order chi connectivity index (χ1) is 10.1. The van der Waals surface area contributed by atoms with Crippen LogP contribution in [0.25, 0.3) is 0 Å². The molecular formula is C17H25N3O. The molecule has 2 aromatic rings. The Kier molecular flexibility index (Phi) is 5.02. The van der Waals surface area contributed by atoms with E-state index in [2.05, 4.69) is 47.1 Å². The van der Waals surface area contributed by atoms with Gasteiger partial charge in [-0.3, -0.25) is 4.68 Å². The summed E-state index contributed by atoms with van der Waals surface area (Å²) < 4.78 is 7.56. The minimum absolute atomic E-state index is 0.224. The fourth-order valence-corrected chi connectivity index (χ4v) is 2.74. The molecule has 0 amide bonds. The molecule has 1 unspecified atom stereocenters. The van der Waals surface area contributed by atoms with Crippen LogP contribution in [-0.4, -0.2) is 23.9 Å². The maximum Gasteiger partial charge on any atom is 0.122 e. The topological polar surface area (TPSA) is 39.1 Å². The zero-order valence-corrected chi connectivity index (χ0v) is 13.6. The van der Waals surface area contributed by atoms with Gasteiger partial charge in [0, 0.05) is 6.54 Å². The van der Waals surface area contributed by atoms with E-state index >= 15 is 0 Å². The van der Waals surface area contributed by atoms with Crippen LogP contribution in [0.2, 0.25) is 0 Å². The molecule has 1 N–H and O–H groups in total. The maximum atomic E-state index is 5.49. The van der Waals surface area contributed by atoms with Gasteiger partial charge in [-0.2, -0.15) is 5.10 Å². The smallest absolute Gasteiger partial charge is 0.122 e. The Labute approximate surface area is 127 Å². The fraction of sp³-hybridized carbons (Fsp3) is 0.471. The van der Waals surface area contributed by atoms with Crippen molar-refractivity contribution in [2.75, 3.05) is 14.2 Å². The second kappa shape index (κ2) is 6.76. The number of nitrogens with one attached hydrogen (secondary N) is 1.